The predicted octanol–water partition coefficient (Wildman–Crippen LogP) is 4.09. The van der Waals surface area contributed by atoms with Gasteiger partial charge in [0.15, 0.2) is 0 Å². The summed E-state index contributed by atoms with van der Waals surface area (Å²) < 4.78 is 27.3. The van der Waals surface area contributed by atoms with Gasteiger partial charge in [0.25, 0.3) is 0 Å². The molecule has 0 spiro atoms. The molecule has 0 aromatic heterocycles. The zero-order valence-electron chi connectivity index (χ0n) is 13.5. The molecule has 1 N–H and O–H groups in total. The Hall–Kier alpha value is -2.41. The van der Waals surface area contributed by atoms with Gasteiger partial charge in [-0.3, -0.25) is 14.5 Å². The molecule has 25 heavy (non-hydrogen) atoms. The summed E-state index contributed by atoms with van der Waals surface area (Å²) in [5, 5.41) is 2.33. The summed E-state index contributed by atoms with van der Waals surface area (Å²) in [6.07, 6.45) is 0.355. The number of hydrogen-bond acceptors (Lipinski definition) is 3. The van der Waals surface area contributed by atoms with Crippen LogP contribution in [0.15, 0.2) is 42.5 Å². The Morgan fingerprint density at radius 3 is 2.80 bits per heavy atom. The average Bonchev–Trinajstić information content (AvgIpc) is 2.96. The van der Waals surface area contributed by atoms with E-state index in [9.17, 15) is 18.4 Å². The molecule has 1 aliphatic rings. The highest BCUT2D eigenvalue weighted by Crippen LogP contribution is 2.43. The Bertz CT molecular complexity index is 828. The number of hydrogen-bond donors (Lipinski definition) is 1. The molecule has 0 saturated carbocycles. The fourth-order valence-corrected chi connectivity index (χ4v) is 3.79. The minimum Gasteiger partial charge on any atom is -0.326 e. The normalized spacial score (nSPS) is 17.0. The van der Waals surface area contributed by atoms with Crippen molar-refractivity contribution in [3.8, 4) is 0 Å². The molecule has 2 aromatic rings. The van der Waals surface area contributed by atoms with E-state index in [-0.39, 0.29) is 23.3 Å². The third-order valence-corrected chi connectivity index (χ3v) is 5.03. The molecule has 1 fully saturated rings. The van der Waals surface area contributed by atoms with Gasteiger partial charge in [-0.15, -0.1) is 11.8 Å². The molecule has 0 aliphatic carbocycles. The number of anilines is 2. The van der Waals surface area contributed by atoms with E-state index >= 15 is 0 Å². The second-order valence-electron chi connectivity index (χ2n) is 5.55. The van der Waals surface area contributed by atoms with Crippen molar-refractivity contribution in [2.45, 2.75) is 18.7 Å². The van der Waals surface area contributed by atoms with Crippen LogP contribution in [-0.2, 0) is 9.59 Å². The Morgan fingerprint density at radius 1 is 1.28 bits per heavy atom. The highest BCUT2D eigenvalue weighted by atomic mass is 32.2. The summed E-state index contributed by atoms with van der Waals surface area (Å²) >= 11 is 1.36. The second kappa shape index (κ2) is 7.23. The lowest BCUT2D eigenvalue weighted by Crippen LogP contribution is -2.28. The first kappa shape index (κ1) is 17.4. The number of amides is 2. The van der Waals surface area contributed by atoms with E-state index in [1.54, 1.807) is 25.1 Å². The van der Waals surface area contributed by atoms with E-state index in [1.165, 1.54) is 22.7 Å². The van der Waals surface area contributed by atoms with Gasteiger partial charge >= 0.3 is 0 Å². The van der Waals surface area contributed by atoms with E-state index in [2.05, 4.69) is 5.32 Å². The van der Waals surface area contributed by atoms with Gasteiger partial charge in [-0.2, -0.15) is 0 Å². The molecule has 4 nitrogen and oxygen atoms in total. The minimum absolute atomic E-state index is 0.0457. The molecule has 3 rings (SSSR count). The van der Waals surface area contributed by atoms with E-state index in [0.29, 0.717) is 12.1 Å². The standard InChI is InChI=1S/C18H16F2N2O2S/c1-2-16(23)21-13-5-3-4-11(8-13)18-22(17(24)10-25-18)15-7-6-12(19)9-14(15)20/h3-9,18H,2,10H2,1H3,(H,21,23)/t18-/m0/s1. The van der Waals surface area contributed by atoms with Crippen LogP contribution in [0.2, 0.25) is 0 Å². The summed E-state index contributed by atoms with van der Waals surface area (Å²) in [6, 6.07) is 10.3. The lowest BCUT2D eigenvalue weighted by molar-refractivity contribution is -0.116. The zero-order valence-corrected chi connectivity index (χ0v) is 14.3. The second-order valence-corrected chi connectivity index (χ2v) is 6.62. The van der Waals surface area contributed by atoms with Crippen LogP contribution < -0.4 is 10.2 Å². The molecule has 7 heteroatoms. The number of carbonyl (C=O) groups is 2. The zero-order chi connectivity index (χ0) is 18.0. The van der Waals surface area contributed by atoms with Crippen molar-refractivity contribution in [3.63, 3.8) is 0 Å². The summed E-state index contributed by atoms with van der Waals surface area (Å²) in [5.74, 6) is -1.64. The van der Waals surface area contributed by atoms with Gasteiger partial charge in [0, 0.05) is 18.2 Å². The van der Waals surface area contributed by atoms with Crippen LogP contribution in [0.25, 0.3) is 0 Å². The molecule has 1 atom stereocenters. The molecular weight excluding hydrogens is 346 g/mol. The lowest BCUT2D eigenvalue weighted by Gasteiger charge is -2.25. The van der Waals surface area contributed by atoms with Gasteiger partial charge in [0.1, 0.15) is 17.0 Å². The number of halogens is 2. The van der Waals surface area contributed by atoms with E-state index in [4.69, 9.17) is 0 Å². The first-order valence-electron chi connectivity index (χ1n) is 7.78. The highest BCUT2D eigenvalue weighted by Gasteiger charge is 2.35. The number of carbonyl (C=O) groups excluding carboxylic acids is 2. The van der Waals surface area contributed by atoms with Crippen molar-refractivity contribution in [1.82, 2.24) is 0 Å². The Labute approximate surface area is 148 Å². The van der Waals surface area contributed by atoms with E-state index in [1.807, 2.05) is 6.07 Å². The number of thioether (sulfide) groups is 1. The van der Waals surface area contributed by atoms with Gasteiger partial charge in [0.2, 0.25) is 11.8 Å². The van der Waals surface area contributed by atoms with Crippen molar-refractivity contribution in [2.75, 3.05) is 16.0 Å². The summed E-state index contributed by atoms with van der Waals surface area (Å²) in [7, 11) is 0. The van der Waals surface area contributed by atoms with Crippen molar-refractivity contribution in [2.24, 2.45) is 0 Å². The third-order valence-electron chi connectivity index (χ3n) is 3.81. The van der Waals surface area contributed by atoms with Crippen LogP contribution in [0.4, 0.5) is 20.2 Å². The first-order valence-corrected chi connectivity index (χ1v) is 8.83. The Balaban J connectivity index is 1.94. The molecular formula is C18H16F2N2O2S. The van der Waals surface area contributed by atoms with E-state index in [0.717, 1.165) is 17.7 Å². The number of nitrogens with zero attached hydrogens (tertiary/aromatic N) is 1. The SMILES string of the molecule is CCC(=O)Nc1cccc([C@@H]2SCC(=O)N2c2ccc(F)cc2F)c1. The van der Waals surface area contributed by atoms with Crippen LogP contribution in [0, 0.1) is 11.6 Å². The quantitative estimate of drug-likeness (QED) is 0.891. The van der Waals surface area contributed by atoms with Crippen LogP contribution in [0.5, 0.6) is 0 Å². The molecule has 2 aromatic carbocycles. The molecule has 1 heterocycles. The number of nitrogens with one attached hydrogen (secondary N) is 1. The van der Waals surface area contributed by atoms with Gasteiger partial charge < -0.3 is 5.32 Å². The Morgan fingerprint density at radius 2 is 2.08 bits per heavy atom. The molecule has 2 amide bonds. The maximum atomic E-state index is 14.2. The maximum absolute atomic E-state index is 14.2. The van der Waals surface area contributed by atoms with Crippen molar-refractivity contribution < 1.29 is 18.4 Å². The summed E-state index contributed by atoms with van der Waals surface area (Å²) in [6.45, 7) is 1.75. The smallest absolute Gasteiger partial charge is 0.238 e. The fourth-order valence-electron chi connectivity index (χ4n) is 2.63. The van der Waals surface area contributed by atoms with Gasteiger partial charge in [-0.05, 0) is 29.8 Å². The number of rotatable bonds is 4. The average molecular weight is 362 g/mol. The summed E-state index contributed by atoms with van der Waals surface area (Å²) in [4.78, 5) is 25.2. The molecule has 130 valence electrons. The molecule has 0 unspecified atom stereocenters. The number of benzene rings is 2. The van der Waals surface area contributed by atoms with Crippen molar-refractivity contribution >= 4 is 35.0 Å². The van der Waals surface area contributed by atoms with Gasteiger partial charge in [-0.25, -0.2) is 8.78 Å². The molecule has 0 bridgehead atoms. The van der Waals surface area contributed by atoms with Crippen LogP contribution in [0.1, 0.15) is 24.3 Å². The maximum Gasteiger partial charge on any atom is 0.238 e. The summed E-state index contributed by atoms with van der Waals surface area (Å²) in [5.41, 5.74) is 1.42. The van der Waals surface area contributed by atoms with Crippen LogP contribution in [0.3, 0.4) is 0 Å². The largest absolute Gasteiger partial charge is 0.326 e. The topological polar surface area (TPSA) is 49.4 Å². The third kappa shape index (κ3) is 3.66. The van der Waals surface area contributed by atoms with Gasteiger partial charge in [0.05, 0.1) is 11.4 Å². The monoisotopic (exact) mass is 362 g/mol. The predicted molar refractivity (Wildman–Crippen MR) is 94.4 cm³/mol. The van der Waals surface area contributed by atoms with E-state index < -0.39 is 17.0 Å². The molecule has 0 radical (unpaired) electrons. The first-order chi connectivity index (χ1) is 12.0. The van der Waals surface area contributed by atoms with Crippen LogP contribution >= 0.6 is 11.8 Å². The molecule has 1 saturated heterocycles. The lowest BCUT2D eigenvalue weighted by atomic mass is 10.1. The van der Waals surface area contributed by atoms with Crippen LogP contribution in [-0.4, -0.2) is 17.6 Å². The minimum atomic E-state index is -0.781. The fraction of sp³-hybridized carbons (Fsp3) is 0.222. The highest BCUT2D eigenvalue weighted by molar-refractivity contribution is 8.00. The van der Waals surface area contributed by atoms with Gasteiger partial charge in [-0.1, -0.05) is 19.1 Å². The molecule has 1 aliphatic heterocycles. The van der Waals surface area contributed by atoms with Crippen molar-refractivity contribution in [3.05, 3.63) is 59.7 Å². The van der Waals surface area contributed by atoms with Crippen molar-refractivity contribution in [1.29, 1.82) is 0 Å². The Kier molecular flexibility index (Phi) is 5.03.